The summed E-state index contributed by atoms with van der Waals surface area (Å²) < 4.78 is 61.9. The van der Waals surface area contributed by atoms with Crippen LogP contribution >= 0.6 is 0 Å². The number of unbranched alkanes of at least 4 members (excludes halogenated alkanes) is 10. The fourth-order valence-corrected chi connectivity index (χ4v) is 11.1. The molecule has 0 radical (unpaired) electrons. The fourth-order valence-electron chi connectivity index (χ4n) is 11.1. The molecule has 84 heavy (non-hydrogen) atoms. The van der Waals surface area contributed by atoms with Gasteiger partial charge in [-0.25, -0.2) is 0 Å². The van der Waals surface area contributed by atoms with Crippen LogP contribution in [0, 0.1) is 5.92 Å². The third kappa shape index (κ3) is 20.2. The molecule has 1 saturated heterocycles. The first kappa shape index (κ1) is 63.8. The van der Waals surface area contributed by atoms with Gasteiger partial charge in [-0.15, -0.1) is 0 Å². The van der Waals surface area contributed by atoms with Crippen molar-refractivity contribution in [3.63, 3.8) is 0 Å². The van der Waals surface area contributed by atoms with Crippen LogP contribution in [0.3, 0.4) is 0 Å². The molecule has 14 nitrogen and oxygen atoms in total. The Morgan fingerprint density at radius 1 is 0.488 bits per heavy atom. The van der Waals surface area contributed by atoms with Gasteiger partial charge < -0.3 is 47.7 Å². The van der Waals surface area contributed by atoms with Crippen LogP contribution in [-0.2, 0) is 87.1 Å². The zero-order valence-corrected chi connectivity index (χ0v) is 49.1. The summed E-state index contributed by atoms with van der Waals surface area (Å²) >= 11 is 0. The van der Waals surface area contributed by atoms with Crippen molar-refractivity contribution >= 4 is 5.97 Å². The maximum atomic E-state index is 14.7. The fraction of sp³-hybridized carbons (Fsp3) is 0.471. The number of rotatable bonds is 36. The number of hydrogen-bond acceptors (Lipinski definition) is 12. The number of nitrogens with zero attached hydrogens (tertiary/aromatic N) is 3. The summed E-state index contributed by atoms with van der Waals surface area (Å²) in [6.07, 6.45) is 2.00. The highest BCUT2D eigenvalue weighted by molar-refractivity contribution is 5.72. The van der Waals surface area contributed by atoms with E-state index in [1.165, 1.54) is 51.4 Å². The van der Waals surface area contributed by atoms with Gasteiger partial charge in [0.05, 0.1) is 52.2 Å². The summed E-state index contributed by atoms with van der Waals surface area (Å²) in [5, 5.41) is 17.7. The number of carbonyl (C=O) groups excluding carboxylic acids is 1. The molecule has 0 spiro atoms. The lowest BCUT2D eigenvalue weighted by Crippen LogP contribution is -2.69. The van der Waals surface area contributed by atoms with Gasteiger partial charge in [-0.2, -0.15) is 0 Å². The van der Waals surface area contributed by atoms with E-state index in [0.717, 1.165) is 52.6 Å². The molecule has 1 N–H and O–H groups in total. The lowest BCUT2D eigenvalue weighted by Gasteiger charge is -2.51. The predicted octanol–water partition coefficient (Wildman–Crippen LogP) is 14.5. The van der Waals surface area contributed by atoms with Crippen LogP contribution in [-0.4, -0.2) is 85.0 Å². The van der Waals surface area contributed by atoms with Crippen molar-refractivity contribution in [3.05, 3.63) is 226 Å². The second-order valence-corrected chi connectivity index (χ2v) is 22.3. The van der Waals surface area contributed by atoms with Crippen molar-refractivity contribution in [2.45, 2.75) is 198 Å². The van der Waals surface area contributed by atoms with Crippen molar-refractivity contribution < 1.29 is 52.5 Å². The van der Waals surface area contributed by atoms with Gasteiger partial charge in [0.2, 0.25) is 0 Å². The number of esters is 1. The summed E-state index contributed by atoms with van der Waals surface area (Å²) in [6.45, 7) is 4.99. The van der Waals surface area contributed by atoms with Gasteiger partial charge in [0.15, 0.2) is 12.4 Å². The summed E-state index contributed by atoms with van der Waals surface area (Å²) in [4.78, 5) is 18.0. The molecule has 0 amide bonds. The minimum atomic E-state index is -1.61. The highest BCUT2D eigenvalue weighted by Gasteiger charge is 2.58. The SMILES string of the molecule is CCCCCCCCCCCCCC(C)C(=O)O[C@@H]1C(O)C(O[C@H]2OC(COCc3ccccc3)[C@@H](OCc3ccccc3)[C@H](OCc3ccccc3)C2N=[N+]=[N-])[C@H](OCc2ccccc2)[C@@H](OCc2ccccc2)C1OCc1ccccc1. The first-order valence-electron chi connectivity index (χ1n) is 30.5. The maximum Gasteiger partial charge on any atom is 0.309 e. The second-order valence-electron chi connectivity index (χ2n) is 22.3. The third-order valence-corrected chi connectivity index (χ3v) is 15.8. The Bertz CT molecular complexity index is 2760. The summed E-state index contributed by atoms with van der Waals surface area (Å²) in [5.41, 5.74) is 15.8. The largest absolute Gasteiger partial charge is 0.456 e. The zero-order chi connectivity index (χ0) is 58.4. The van der Waals surface area contributed by atoms with Gasteiger partial charge in [-0.1, -0.05) is 272 Å². The zero-order valence-electron chi connectivity index (χ0n) is 49.1. The molecular weight excluding hydrogens is 1060 g/mol. The topological polar surface area (TPSA) is 169 Å². The van der Waals surface area contributed by atoms with Crippen molar-refractivity contribution in [3.8, 4) is 0 Å². The molecule has 6 aromatic rings. The molecule has 0 aromatic heterocycles. The highest BCUT2D eigenvalue weighted by atomic mass is 16.7. The molecule has 0 bridgehead atoms. The van der Waals surface area contributed by atoms with E-state index >= 15 is 0 Å². The van der Waals surface area contributed by atoms with E-state index in [9.17, 15) is 15.4 Å². The van der Waals surface area contributed by atoms with E-state index < -0.39 is 79.2 Å². The number of aliphatic hydroxyl groups is 1. The predicted molar refractivity (Wildman–Crippen MR) is 324 cm³/mol. The van der Waals surface area contributed by atoms with Gasteiger partial charge >= 0.3 is 5.97 Å². The Hall–Kier alpha value is -6.26. The standard InChI is InChI=1S/C70H87N3O11/c1-3-4-5-6-7-8-9-10-11-12-19-32-52(2)69(75)83-64-61(74)65(67(80-49-57-41-28-17-29-42-57)68(81-50-58-43-30-18-31-44-58)66(64)79-48-56-39-26-16-27-40-56)84-70-60(72-73-71)63(78-47-55-37-24-15-25-38-55)62(77-46-54-35-22-14-23-36-54)59(82-70)51-76-45-53-33-20-13-21-34-53/h13-18,20-31,33-44,52,59-68,70,74H,3-12,19,32,45-51H2,1-2H3/t52?,59?,60?,61?,62-,63-,64-,65?,66?,67+,68+,70-/m1/s1. The minimum Gasteiger partial charge on any atom is -0.456 e. The number of hydrogen-bond donors (Lipinski definition) is 1. The molecule has 448 valence electrons. The second kappa shape index (κ2) is 35.9. The molecule has 6 aromatic carbocycles. The van der Waals surface area contributed by atoms with Crippen LogP contribution in [0.5, 0.6) is 0 Å². The van der Waals surface area contributed by atoms with E-state index in [1.807, 2.05) is 189 Å². The molecule has 12 atom stereocenters. The van der Waals surface area contributed by atoms with Crippen LogP contribution in [0.15, 0.2) is 187 Å². The van der Waals surface area contributed by atoms with Crippen LogP contribution in [0.4, 0.5) is 0 Å². The van der Waals surface area contributed by atoms with Crippen molar-refractivity contribution in [2.24, 2.45) is 11.0 Å². The average Bonchev–Trinajstić information content (AvgIpc) is 2.38. The molecule has 1 aliphatic carbocycles. The van der Waals surface area contributed by atoms with Crippen molar-refractivity contribution in [1.82, 2.24) is 0 Å². The van der Waals surface area contributed by atoms with Crippen LogP contribution in [0.1, 0.15) is 124 Å². The summed E-state index contributed by atoms with van der Waals surface area (Å²) in [7, 11) is 0. The average molecular weight is 1150 g/mol. The Morgan fingerprint density at radius 2 is 0.845 bits per heavy atom. The molecule has 1 saturated carbocycles. The first-order chi connectivity index (χ1) is 41.4. The molecule has 6 unspecified atom stereocenters. The van der Waals surface area contributed by atoms with Gasteiger partial charge in [0.1, 0.15) is 54.9 Å². The van der Waals surface area contributed by atoms with Crippen LogP contribution < -0.4 is 0 Å². The Kier molecular flexibility index (Phi) is 27.2. The van der Waals surface area contributed by atoms with Gasteiger partial charge in [-0.3, -0.25) is 4.79 Å². The lowest BCUT2D eigenvalue weighted by atomic mass is 9.83. The summed E-state index contributed by atoms with van der Waals surface area (Å²) in [6, 6.07) is 57.2. The Labute approximate surface area is 497 Å². The number of azide groups is 1. The molecular formula is C70H87N3O11. The quantitative estimate of drug-likeness (QED) is 0.0131. The monoisotopic (exact) mass is 1150 g/mol. The van der Waals surface area contributed by atoms with E-state index in [1.54, 1.807) is 0 Å². The van der Waals surface area contributed by atoms with E-state index in [0.29, 0.717) is 6.42 Å². The highest BCUT2D eigenvalue weighted by Crippen LogP contribution is 2.39. The molecule has 1 heterocycles. The van der Waals surface area contributed by atoms with Gasteiger partial charge in [-0.05, 0) is 45.3 Å². The van der Waals surface area contributed by atoms with Gasteiger partial charge in [0.25, 0.3) is 0 Å². The van der Waals surface area contributed by atoms with Crippen molar-refractivity contribution in [1.29, 1.82) is 0 Å². The molecule has 2 aliphatic rings. The summed E-state index contributed by atoms with van der Waals surface area (Å²) in [5.74, 6) is -0.975. The number of carbonyl (C=O) groups is 1. The van der Waals surface area contributed by atoms with Crippen molar-refractivity contribution in [2.75, 3.05) is 6.61 Å². The maximum absolute atomic E-state index is 14.7. The van der Waals surface area contributed by atoms with Gasteiger partial charge in [0, 0.05) is 4.91 Å². The minimum absolute atomic E-state index is 0.0129. The van der Waals surface area contributed by atoms with E-state index in [2.05, 4.69) is 16.9 Å². The number of aliphatic hydroxyl groups excluding tert-OH is 1. The molecule has 8 rings (SSSR count). The lowest BCUT2D eigenvalue weighted by molar-refractivity contribution is -0.336. The third-order valence-electron chi connectivity index (χ3n) is 15.8. The Morgan fingerprint density at radius 3 is 1.26 bits per heavy atom. The van der Waals surface area contributed by atoms with Crippen LogP contribution in [0.25, 0.3) is 10.4 Å². The molecule has 2 fully saturated rings. The molecule has 1 aliphatic heterocycles. The molecule has 14 heteroatoms. The van der Waals surface area contributed by atoms with E-state index in [4.69, 9.17) is 42.6 Å². The first-order valence-corrected chi connectivity index (χ1v) is 30.5. The number of benzene rings is 6. The van der Waals surface area contributed by atoms with E-state index in [-0.39, 0.29) is 46.2 Å². The Balaban J connectivity index is 1.14. The number of ether oxygens (including phenoxy) is 9. The normalized spacial score (nSPS) is 23.5. The smallest absolute Gasteiger partial charge is 0.309 e. The van der Waals surface area contributed by atoms with Crippen LogP contribution in [0.2, 0.25) is 0 Å².